The molecule has 1 saturated heterocycles. The molecule has 1 aliphatic heterocycles. The monoisotopic (exact) mass is 308 g/mol. The Bertz CT molecular complexity index is 819. The number of hydrogen-bond acceptors (Lipinski definition) is 4. The molecule has 0 bridgehead atoms. The maximum Gasteiger partial charge on any atom is 0.134 e. The molecular formula is C19H20N2O2. The van der Waals surface area contributed by atoms with Gasteiger partial charge in [-0.05, 0) is 29.7 Å². The van der Waals surface area contributed by atoms with Crippen molar-refractivity contribution in [2.45, 2.75) is 6.54 Å². The quantitative estimate of drug-likeness (QED) is 0.752. The van der Waals surface area contributed by atoms with Crippen molar-refractivity contribution < 1.29 is 9.15 Å². The number of ether oxygens (including phenoxy) is 1. The zero-order valence-electron chi connectivity index (χ0n) is 13.0. The van der Waals surface area contributed by atoms with Gasteiger partial charge in [0.1, 0.15) is 11.5 Å². The topological polar surface area (TPSA) is 51.6 Å². The SMILES string of the molecule is Nc1ccc(-c2ccc(CN3CCOCC3)o2)c2ccccc12. The molecule has 0 saturated carbocycles. The number of benzene rings is 2. The van der Waals surface area contributed by atoms with Crippen molar-refractivity contribution in [2.75, 3.05) is 32.0 Å². The van der Waals surface area contributed by atoms with E-state index in [2.05, 4.69) is 17.0 Å². The lowest BCUT2D eigenvalue weighted by molar-refractivity contribution is 0.0314. The Morgan fingerprint density at radius 3 is 2.52 bits per heavy atom. The van der Waals surface area contributed by atoms with Crippen molar-refractivity contribution in [3.8, 4) is 11.3 Å². The lowest BCUT2D eigenvalue weighted by Gasteiger charge is -2.25. The summed E-state index contributed by atoms with van der Waals surface area (Å²) in [6, 6.07) is 16.3. The van der Waals surface area contributed by atoms with Gasteiger partial charge >= 0.3 is 0 Å². The van der Waals surface area contributed by atoms with Gasteiger partial charge in [-0.2, -0.15) is 0 Å². The summed E-state index contributed by atoms with van der Waals surface area (Å²) in [5, 5.41) is 2.19. The van der Waals surface area contributed by atoms with Crippen LogP contribution in [-0.2, 0) is 11.3 Å². The molecular weight excluding hydrogens is 288 g/mol. The van der Waals surface area contributed by atoms with Gasteiger partial charge < -0.3 is 14.9 Å². The van der Waals surface area contributed by atoms with Gasteiger partial charge in [0.15, 0.2) is 0 Å². The van der Waals surface area contributed by atoms with Crippen LogP contribution in [0.15, 0.2) is 52.9 Å². The first-order chi connectivity index (χ1) is 11.3. The third kappa shape index (κ3) is 2.83. The standard InChI is InChI=1S/C19H20N2O2/c20-18-7-6-17(15-3-1-2-4-16(15)18)19-8-5-14(23-19)13-21-9-11-22-12-10-21/h1-8H,9-13,20H2. The fourth-order valence-electron chi connectivity index (χ4n) is 3.12. The summed E-state index contributed by atoms with van der Waals surface area (Å²) in [5.74, 6) is 1.88. The zero-order chi connectivity index (χ0) is 15.6. The second-order valence-corrected chi connectivity index (χ2v) is 5.90. The minimum Gasteiger partial charge on any atom is -0.460 e. The average Bonchev–Trinajstić information content (AvgIpc) is 3.05. The van der Waals surface area contributed by atoms with Crippen LogP contribution in [0.2, 0.25) is 0 Å². The first-order valence-corrected chi connectivity index (χ1v) is 7.98. The number of nitrogen functional groups attached to an aromatic ring is 1. The third-order valence-electron chi connectivity index (χ3n) is 4.37. The normalized spacial score (nSPS) is 16.0. The van der Waals surface area contributed by atoms with Crippen LogP contribution in [0, 0.1) is 0 Å². The summed E-state index contributed by atoms with van der Waals surface area (Å²) in [6.07, 6.45) is 0. The van der Waals surface area contributed by atoms with Crippen LogP contribution in [0.4, 0.5) is 5.69 Å². The van der Waals surface area contributed by atoms with Crippen LogP contribution < -0.4 is 5.73 Å². The summed E-state index contributed by atoms with van der Waals surface area (Å²) in [5.41, 5.74) is 7.96. The van der Waals surface area contributed by atoms with E-state index in [0.29, 0.717) is 0 Å². The number of nitrogens with two attached hydrogens (primary N) is 1. The predicted octanol–water partition coefficient (Wildman–Crippen LogP) is 3.51. The molecule has 2 N–H and O–H groups in total. The molecule has 0 spiro atoms. The molecule has 0 aliphatic carbocycles. The lowest BCUT2D eigenvalue weighted by Crippen LogP contribution is -2.35. The number of anilines is 1. The van der Waals surface area contributed by atoms with Gasteiger partial charge in [-0.1, -0.05) is 24.3 Å². The van der Waals surface area contributed by atoms with Crippen LogP contribution in [0.1, 0.15) is 5.76 Å². The zero-order valence-corrected chi connectivity index (χ0v) is 13.0. The highest BCUT2D eigenvalue weighted by Crippen LogP contribution is 2.33. The number of rotatable bonds is 3. The molecule has 4 heteroatoms. The number of nitrogens with zero attached hydrogens (tertiary/aromatic N) is 1. The van der Waals surface area contributed by atoms with Crippen molar-refractivity contribution in [3.63, 3.8) is 0 Å². The highest BCUT2D eigenvalue weighted by Gasteiger charge is 2.14. The average molecular weight is 308 g/mol. The van der Waals surface area contributed by atoms with Gasteiger partial charge in [0, 0.05) is 29.7 Å². The lowest BCUT2D eigenvalue weighted by atomic mass is 10.0. The van der Waals surface area contributed by atoms with Gasteiger partial charge in [-0.25, -0.2) is 0 Å². The van der Waals surface area contributed by atoms with E-state index in [-0.39, 0.29) is 0 Å². The summed E-state index contributed by atoms with van der Waals surface area (Å²) >= 11 is 0. The molecule has 4 rings (SSSR count). The van der Waals surface area contributed by atoms with Crippen LogP contribution in [0.3, 0.4) is 0 Å². The van der Waals surface area contributed by atoms with E-state index < -0.39 is 0 Å². The van der Waals surface area contributed by atoms with Gasteiger partial charge in [-0.15, -0.1) is 0 Å². The van der Waals surface area contributed by atoms with E-state index in [9.17, 15) is 0 Å². The molecule has 23 heavy (non-hydrogen) atoms. The second kappa shape index (κ2) is 6.07. The molecule has 1 aliphatic rings. The smallest absolute Gasteiger partial charge is 0.134 e. The fourth-order valence-corrected chi connectivity index (χ4v) is 3.12. The van der Waals surface area contributed by atoms with Crippen molar-refractivity contribution >= 4 is 16.5 Å². The molecule has 0 unspecified atom stereocenters. The Morgan fingerprint density at radius 2 is 1.70 bits per heavy atom. The Kier molecular flexibility index (Phi) is 3.77. The van der Waals surface area contributed by atoms with E-state index in [0.717, 1.165) is 66.4 Å². The molecule has 3 aromatic rings. The maximum absolute atomic E-state index is 6.10. The predicted molar refractivity (Wildman–Crippen MR) is 92.2 cm³/mol. The number of morpholine rings is 1. The third-order valence-corrected chi connectivity index (χ3v) is 4.37. The van der Waals surface area contributed by atoms with Gasteiger partial charge in [0.2, 0.25) is 0 Å². The van der Waals surface area contributed by atoms with E-state index in [1.54, 1.807) is 0 Å². The molecule has 4 nitrogen and oxygen atoms in total. The van der Waals surface area contributed by atoms with Gasteiger partial charge in [0.25, 0.3) is 0 Å². The number of fused-ring (bicyclic) bond motifs is 1. The second-order valence-electron chi connectivity index (χ2n) is 5.90. The van der Waals surface area contributed by atoms with E-state index in [1.165, 1.54) is 0 Å². The van der Waals surface area contributed by atoms with E-state index in [1.807, 2.05) is 36.4 Å². The summed E-state index contributed by atoms with van der Waals surface area (Å²) < 4.78 is 11.5. The largest absolute Gasteiger partial charge is 0.460 e. The van der Waals surface area contributed by atoms with Crippen LogP contribution in [-0.4, -0.2) is 31.2 Å². The Labute approximate surface area is 135 Å². The summed E-state index contributed by atoms with van der Waals surface area (Å²) in [6.45, 7) is 4.35. The summed E-state index contributed by atoms with van der Waals surface area (Å²) in [4.78, 5) is 2.35. The number of furan rings is 1. The fraction of sp³-hybridized carbons (Fsp3) is 0.263. The molecule has 1 aromatic heterocycles. The van der Waals surface area contributed by atoms with Crippen LogP contribution in [0.25, 0.3) is 22.1 Å². The molecule has 2 aromatic carbocycles. The Morgan fingerprint density at radius 1 is 0.913 bits per heavy atom. The molecule has 2 heterocycles. The summed E-state index contributed by atoms with van der Waals surface area (Å²) in [7, 11) is 0. The molecule has 1 fully saturated rings. The Balaban J connectivity index is 1.65. The molecule has 0 radical (unpaired) electrons. The van der Waals surface area contributed by atoms with Crippen molar-refractivity contribution in [1.82, 2.24) is 4.90 Å². The highest BCUT2D eigenvalue weighted by atomic mass is 16.5. The molecule has 118 valence electrons. The van der Waals surface area contributed by atoms with Crippen LogP contribution in [0.5, 0.6) is 0 Å². The minimum atomic E-state index is 0.796. The molecule has 0 amide bonds. The first kappa shape index (κ1) is 14.3. The number of hydrogen-bond donors (Lipinski definition) is 1. The molecule has 0 atom stereocenters. The highest BCUT2D eigenvalue weighted by molar-refractivity contribution is 6.01. The van der Waals surface area contributed by atoms with Crippen molar-refractivity contribution in [2.24, 2.45) is 0 Å². The van der Waals surface area contributed by atoms with Gasteiger partial charge in [0.05, 0.1) is 19.8 Å². The minimum absolute atomic E-state index is 0.796. The van der Waals surface area contributed by atoms with Gasteiger partial charge in [-0.3, -0.25) is 4.90 Å². The maximum atomic E-state index is 6.10. The van der Waals surface area contributed by atoms with E-state index in [4.69, 9.17) is 14.9 Å². The Hall–Kier alpha value is -2.30. The van der Waals surface area contributed by atoms with Crippen LogP contribution >= 0.6 is 0 Å². The van der Waals surface area contributed by atoms with Crippen molar-refractivity contribution in [3.05, 3.63) is 54.3 Å². The van der Waals surface area contributed by atoms with E-state index >= 15 is 0 Å². The first-order valence-electron chi connectivity index (χ1n) is 7.98. The van der Waals surface area contributed by atoms with Crippen molar-refractivity contribution in [1.29, 1.82) is 0 Å².